The first-order valence-corrected chi connectivity index (χ1v) is 6.20. The largest absolute Gasteiger partial charge is 0.480 e. The fraction of sp³-hybridized carbons (Fsp3) is 0.875. The summed E-state index contributed by atoms with van der Waals surface area (Å²) in [5.74, 6) is 1.34. The Morgan fingerprint density at radius 2 is 2.08 bits per heavy atom. The van der Waals surface area contributed by atoms with E-state index in [0.29, 0.717) is 0 Å². The number of thioether (sulfide) groups is 2. The standard InChI is InChI=1S/C8H14O2S2/c1-2-3-4-8(7(9)10)11-5-6-12-8/h2-6H2,1H3,(H,9,10). The van der Waals surface area contributed by atoms with Crippen molar-refractivity contribution in [1.82, 2.24) is 0 Å². The maximum atomic E-state index is 11.0. The van der Waals surface area contributed by atoms with Gasteiger partial charge in [-0.25, -0.2) is 4.79 Å². The van der Waals surface area contributed by atoms with Gasteiger partial charge in [-0.2, -0.15) is 0 Å². The van der Waals surface area contributed by atoms with Gasteiger partial charge in [0.2, 0.25) is 0 Å². The van der Waals surface area contributed by atoms with Crippen LogP contribution in [0.25, 0.3) is 0 Å². The van der Waals surface area contributed by atoms with Crippen LogP contribution in [0.1, 0.15) is 26.2 Å². The molecule has 0 aromatic rings. The van der Waals surface area contributed by atoms with Crippen molar-refractivity contribution in [3.05, 3.63) is 0 Å². The van der Waals surface area contributed by atoms with Gasteiger partial charge >= 0.3 is 5.97 Å². The number of rotatable bonds is 4. The normalized spacial score (nSPS) is 21.1. The smallest absolute Gasteiger partial charge is 0.330 e. The highest BCUT2D eigenvalue weighted by molar-refractivity contribution is 8.22. The molecule has 0 saturated carbocycles. The molecule has 1 heterocycles. The number of hydrogen-bond acceptors (Lipinski definition) is 3. The molecule has 0 aromatic carbocycles. The third-order valence-corrected chi connectivity index (χ3v) is 5.41. The molecule has 4 heteroatoms. The van der Waals surface area contributed by atoms with E-state index >= 15 is 0 Å². The highest BCUT2D eigenvalue weighted by Crippen LogP contribution is 2.47. The van der Waals surface area contributed by atoms with Crippen LogP contribution in [-0.4, -0.2) is 26.7 Å². The van der Waals surface area contributed by atoms with Crippen molar-refractivity contribution in [3.63, 3.8) is 0 Å². The van der Waals surface area contributed by atoms with Crippen LogP contribution < -0.4 is 0 Å². The highest BCUT2D eigenvalue weighted by Gasteiger charge is 2.42. The summed E-state index contributed by atoms with van der Waals surface area (Å²) in [7, 11) is 0. The average Bonchev–Trinajstić information content (AvgIpc) is 2.50. The minimum absolute atomic E-state index is 0.504. The molecule has 0 radical (unpaired) electrons. The summed E-state index contributed by atoms with van der Waals surface area (Å²) in [5.41, 5.74) is 0. The number of carboxylic acids is 1. The van der Waals surface area contributed by atoms with Crippen LogP contribution in [-0.2, 0) is 4.79 Å². The lowest BCUT2D eigenvalue weighted by Crippen LogP contribution is -2.28. The second-order valence-electron chi connectivity index (χ2n) is 2.86. The van der Waals surface area contributed by atoms with E-state index in [2.05, 4.69) is 6.92 Å². The zero-order valence-electron chi connectivity index (χ0n) is 7.21. The molecule has 0 aromatic heterocycles. The van der Waals surface area contributed by atoms with E-state index in [4.69, 9.17) is 5.11 Å². The van der Waals surface area contributed by atoms with Gasteiger partial charge in [-0.05, 0) is 6.42 Å². The molecular weight excluding hydrogens is 192 g/mol. The van der Waals surface area contributed by atoms with Crippen molar-refractivity contribution < 1.29 is 9.90 Å². The second kappa shape index (κ2) is 4.42. The van der Waals surface area contributed by atoms with Crippen LogP contribution in [0.4, 0.5) is 0 Å². The summed E-state index contributed by atoms with van der Waals surface area (Å²) in [6, 6.07) is 0. The van der Waals surface area contributed by atoms with E-state index in [1.54, 1.807) is 23.5 Å². The molecule has 1 aliphatic rings. The van der Waals surface area contributed by atoms with E-state index < -0.39 is 10.0 Å². The summed E-state index contributed by atoms with van der Waals surface area (Å²) in [4.78, 5) is 11.0. The van der Waals surface area contributed by atoms with Crippen LogP contribution in [0.15, 0.2) is 0 Å². The molecule has 1 rings (SSSR count). The zero-order valence-corrected chi connectivity index (χ0v) is 8.84. The van der Waals surface area contributed by atoms with Crippen molar-refractivity contribution in [3.8, 4) is 0 Å². The summed E-state index contributed by atoms with van der Waals surface area (Å²) >= 11 is 3.20. The Balaban J connectivity index is 2.53. The van der Waals surface area contributed by atoms with Crippen LogP contribution >= 0.6 is 23.5 Å². The maximum Gasteiger partial charge on any atom is 0.330 e. The van der Waals surface area contributed by atoms with Gasteiger partial charge < -0.3 is 5.11 Å². The van der Waals surface area contributed by atoms with Crippen LogP contribution in [0, 0.1) is 0 Å². The Hall–Kier alpha value is 0.170. The van der Waals surface area contributed by atoms with Crippen molar-refractivity contribution in [2.75, 3.05) is 11.5 Å². The summed E-state index contributed by atoms with van der Waals surface area (Å²) in [6.45, 7) is 2.10. The van der Waals surface area contributed by atoms with Gasteiger partial charge in [0, 0.05) is 11.5 Å². The van der Waals surface area contributed by atoms with E-state index in [-0.39, 0.29) is 0 Å². The monoisotopic (exact) mass is 206 g/mol. The third-order valence-electron chi connectivity index (χ3n) is 1.94. The first-order valence-electron chi connectivity index (χ1n) is 4.22. The Labute approximate surface area is 81.5 Å². The fourth-order valence-corrected chi connectivity index (χ4v) is 4.22. The van der Waals surface area contributed by atoms with Gasteiger partial charge in [0.05, 0.1) is 0 Å². The second-order valence-corrected chi connectivity index (χ2v) is 5.90. The fourth-order valence-electron chi connectivity index (χ4n) is 1.24. The van der Waals surface area contributed by atoms with Crippen molar-refractivity contribution in [2.24, 2.45) is 0 Å². The summed E-state index contributed by atoms with van der Waals surface area (Å²) < 4.78 is -0.504. The van der Waals surface area contributed by atoms with Gasteiger partial charge in [0.25, 0.3) is 0 Å². The van der Waals surface area contributed by atoms with E-state index in [1.807, 2.05) is 0 Å². The molecule has 1 fully saturated rings. The molecule has 1 saturated heterocycles. The molecule has 0 atom stereocenters. The van der Waals surface area contributed by atoms with Gasteiger partial charge in [-0.1, -0.05) is 19.8 Å². The molecule has 0 unspecified atom stereocenters. The minimum Gasteiger partial charge on any atom is -0.480 e. The number of unbranched alkanes of at least 4 members (excludes halogenated alkanes) is 1. The molecule has 1 N–H and O–H groups in total. The number of aliphatic carboxylic acids is 1. The lowest BCUT2D eigenvalue weighted by Gasteiger charge is -2.21. The Kier molecular flexibility index (Phi) is 3.77. The summed E-state index contributed by atoms with van der Waals surface area (Å²) in [5, 5.41) is 9.05. The summed E-state index contributed by atoms with van der Waals surface area (Å²) in [6.07, 6.45) is 2.91. The zero-order chi connectivity index (χ0) is 9.03. The van der Waals surface area contributed by atoms with Crippen LogP contribution in [0.5, 0.6) is 0 Å². The molecule has 0 aliphatic carbocycles. The first-order chi connectivity index (χ1) is 5.71. The molecule has 0 amide bonds. The quantitative estimate of drug-likeness (QED) is 0.766. The predicted molar refractivity (Wildman–Crippen MR) is 54.8 cm³/mol. The molecule has 2 nitrogen and oxygen atoms in total. The molecule has 12 heavy (non-hydrogen) atoms. The van der Waals surface area contributed by atoms with E-state index in [9.17, 15) is 4.79 Å². The Morgan fingerprint density at radius 3 is 2.50 bits per heavy atom. The van der Waals surface area contributed by atoms with E-state index in [1.165, 1.54) is 0 Å². The molecule has 70 valence electrons. The molecule has 0 spiro atoms. The predicted octanol–water partition coefficient (Wildman–Crippen LogP) is 2.44. The van der Waals surface area contributed by atoms with Crippen LogP contribution in [0.3, 0.4) is 0 Å². The number of carbonyl (C=O) groups is 1. The lowest BCUT2D eigenvalue weighted by molar-refractivity contribution is -0.137. The SMILES string of the molecule is CCCCC1(C(=O)O)SCCS1. The molecular formula is C8H14O2S2. The van der Waals surface area contributed by atoms with E-state index in [0.717, 1.165) is 30.8 Å². The van der Waals surface area contributed by atoms with Gasteiger partial charge in [0.15, 0.2) is 4.08 Å². The van der Waals surface area contributed by atoms with Crippen LogP contribution in [0.2, 0.25) is 0 Å². The Bertz CT molecular complexity index is 164. The average molecular weight is 206 g/mol. The number of hydrogen-bond donors (Lipinski definition) is 1. The topological polar surface area (TPSA) is 37.3 Å². The number of carboxylic acid groups (broad SMARTS) is 1. The van der Waals surface area contributed by atoms with Crippen molar-refractivity contribution in [2.45, 2.75) is 30.3 Å². The van der Waals surface area contributed by atoms with Crippen molar-refractivity contribution >= 4 is 29.5 Å². The van der Waals surface area contributed by atoms with Gasteiger partial charge in [0.1, 0.15) is 0 Å². The lowest BCUT2D eigenvalue weighted by atomic mass is 10.2. The first kappa shape index (κ1) is 10.3. The van der Waals surface area contributed by atoms with Gasteiger partial charge in [-0.15, -0.1) is 23.5 Å². The minimum atomic E-state index is -0.636. The van der Waals surface area contributed by atoms with Gasteiger partial charge in [-0.3, -0.25) is 0 Å². The van der Waals surface area contributed by atoms with Crippen molar-refractivity contribution in [1.29, 1.82) is 0 Å². The Morgan fingerprint density at radius 1 is 1.50 bits per heavy atom. The molecule has 1 aliphatic heterocycles. The highest BCUT2D eigenvalue weighted by atomic mass is 32.2. The third kappa shape index (κ3) is 2.10. The maximum absolute atomic E-state index is 11.0. The molecule has 0 bridgehead atoms.